The Morgan fingerprint density at radius 1 is 0.969 bits per heavy atom. The molecular formula is C26H20BrNO4. The van der Waals surface area contributed by atoms with Crippen LogP contribution in [0.15, 0.2) is 86.5 Å². The molecule has 160 valence electrons. The number of para-hydroxylation sites is 1. The monoisotopic (exact) mass is 489 g/mol. The van der Waals surface area contributed by atoms with E-state index in [2.05, 4.69) is 22.9 Å². The van der Waals surface area contributed by atoms with Gasteiger partial charge in [-0.25, -0.2) is 0 Å². The van der Waals surface area contributed by atoms with E-state index in [1.54, 1.807) is 29.2 Å². The Balaban J connectivity index is 1.70. The van der Waals surface area contributed by atoms with Gasteiger partial charge >= 0.3 is 0 Å². The van der Waals surface area contributed by atoms with Gasteiger partial charge < -0.3 is 9.15 Å². The summed E-state index contributed by atoms with van der Waals surface area (Å²) in [6.45, 7) is 2.68. The van der Waals surface area contributed by atoms with Crippen molar-refractivity contribution in [1.82, 2.24) is 0 Å². The third kappa shape index (κ3) is 3.41. The number of anilines is 1. The molecule has 5 rings (SSSR count). The molecule has 3 aromatic carbocycles. The Hall–Kier alpha value is -3.38. The first-order valence-electron chi connectivity index (χ1n) is 10.5. The van der Waals surface area contributed by atoms with E-state index in [0.29, 0.717) is 28.8 Å². The Labute approximate surface area is 193 Å². The van der Waals surface area contributed by atoms with Crippen LogP contribution in [0, 0.1) is 0 Å². The number of benzene rings is 3. The molecule has 5 nitrogen and oxygen atoms in total. The number of hydrogen-bond donors (Lipinski definition) is 0. The van der Waals surface area contributed by atoms with Gasteiger partial charge in [0.25, 0.3) is 5.91 Å². The number of carbonyl (C=O) groups excluding carboxylic acids is 1. The molecule has 4 aromatic rings. The fourth-order valence-electron chi connectivity index (χ4n) is 4.07. The van der Waals surface area contributed by atoms with Gasteiger partial charge in [-0.05, 0) is 60.5 Å². The number of halogens is 1. The third-order valence-electron chi connectivity index (χ3n) is 5.55. The fraction of sp³-hybridized carbons (Fsp3) is 0.154. The van der Waals surface area contributed by atoms with Gasteiger partial charge in [0.1, 0.15) is 11.3 Å². The van der Waals surface area contributed by atoms with Crippen LogP contribution in [0.4, 0.5) is 5.69 Å². The second-order valence-corrected chi connectivity index (χ2v) is 8.56. The van der Waals surface area contributed by atoms with Gasteiger partial charge in [-0.15, -0.1) is 0 Å². The average molecular weight is 490 g/mol. The Bertz CT molecular complexity index is 1360. The van der Waals surface area contributed by atoms with Gasteiger partial charge in [0, 0.05) is 10.2 Å². The Morgan fingerprint density at radius 3 is 2.41 bits per heavy atom. The summed E-state index contributed by atoms with van der Waals surface area (Å²) in [5.74, 6) is 0.510. The predicted octanol–water partition coefficient (Wildman–Crippen LogP) is 6.09. The van der Waals surface area contributed by atoms with Gasteiger partial charge in [-0.2, -0.15) is 0 Å². The minimum absolute atomic E-state index is 0.0907. The molecule has 0 bridgehead atoms. The van der Waals surface area contributed by atoms with E-state index in [1.165, 1.54) is 0 Å². The Morgan fingerprint density at radius 2 is 1.69 bits per heavy atom. The van der Waals surface area contributed by atoms with Crippen LogP contribution in [-0.2, 0) is 0 Å². The van der Waals surface area contributed by atoms with Crippen molar-refractivity contribution in [2.24, 2.45) is 0 Å². The van der Waals surface area contributed by atoms with Crippen molar-refractivity contribution in [3.8, 4) is 5.75 Å². The molecule has 0 saturated heterocycles. The van der Waals surface area contributed by atoms with Crippen molar-refractivity contribution in [3.63, 3.8) is 0 Å². The van der Waals surface area contributed by atoms with Crippen LogP contribution in [0.5, 0.6) is 5.75 Å². The van der Waals surface area contributed by atoms with Crippen LogP contribution < -0.4 is 15.1 Å². The molecule has 1 unspecified atom stereocenters. The smallest absolute Gasteiger partial charge is 0.295 e. The van der Waals surface area contributed by atoms with Crippen LogP contribution >= 0.6 is 15.9 Å². The van der Waals surface area contributed by atoms with E-state index in [4.69, 9.17) is 9.15 Å². The van der Waals surface area contributed by atoms with Crippen molar-refractivity contribution in [2.45, 2.75) is 19.4 Å². The molecule has 2 heterocycles. The van der Waals surface area contributed by atoms with E-state index < -0.39 is 6.04 Å². The van der Waals surface area contributed by atoms with Gasteiger partial charge in [-0.3, -0.25) is 14.5 Å². The lowest BCUT2D eigenvalue weighted by atomic mass is 9.98. The van der Waals surface area contributed by atoms with Crippen LogP contribution in [0.25, 0.3) is 11.0 Å². The van der Waals surface area contributed by atoms with Crippen molar-refractivity contribution in [1.29, 1.82) is 0 Å². The molecule has 1 aromatic heterocycles. The maximum absolute atomic E-state index is 13.5. The minimum atomic E-state index is -0.597. The van der Waals surface area contributed by atoms with Crippen LogP contribution in [0.1, 0.15) is 41.1 Å². The van der Waals surface area contributed by atoms with Gasteiger partial charge in [-0.1, -0.05) is 47.1 Å². The SMILES string of the molecule is CCCOc1ccc(C2c3c(oc4ccccc4c3=O)C(=O)N2c2ccc(Br)cc2)cc1. The molecular weight excluding hydrogens is 470 g/mol. The molecule has 0 saturated carbocycles. The molecule has 1 aliphatic rings. The summed E-state index contributed by atoms with van der Waals surface area (Å²) in [6.07, 6.45) is 0.914. The maximum atomic E-state index is 13.5. The first kappa shape index (κ1) is 20.5. The highest BCUT2D eigenvalue weighted by Gasteiger charge is 2.43. The summed E-state index contributed by atoms with van der Waals surface area (Å²) in [5, 5.41) is 0.463. The van der Waals surface area contributed by atoms with Gasteiger partial charge in [0.05, 0.1) is 23.6 Å². The zero-order valence-electron chi connectivity index (χ0n) is 17.4. The lowest BCUT2D eigenvalue weighted by molar-refractivity contribution is 0.0971. The number of carbonyl (C=O) groups is 1. The molecule has 0 N–H and O–H groups in total. The topological polar surface area (TPSA) is 59.8 Å². The van der Waals surface area contributed by atoms with Crippen molar-refractivity contribution < 1.29 is 13.9 Å². The van der Waals surface area contributed by atoms with Crippen LogP contribution in [-0.4, -0.2) is 12.5 Å². The molecule has 0 aliphatic carbocycles. The van der Waals surface area contributed by atoms with E-state index in [0.717, 1.165) is 22.2 Å². The summed E-state index contributed by atoms with van der Waals surface area (Å²) < 4.78 is 12.6. The number of amides is 1. The van der Waals surface area contributed by atoms with Crippen molar-refractivity contribution in [3.05, 3.63) is 104 Å². The van der Waals surface area contributed by atoms with Crippen molar-refractivity contribution in [2.75, 3.05) is 11.5 Å². The van der Waals surface area contributed by atoms with Gasteiger partial charge in [0.2, 0.25) is 5.76 Å². The zero-order chi connectivity index (χ0) is 22.2. The molecule has 1 atom stereocenters. The molecule has 1 amide bonds. The molecule has 0 radical (unpaired) electrons. The predicted molar refractivity (Wildman–Crippen MR) is 128 cm³/mol. The second-order valence-electron chi connectivity index (χ2n) is 7.64. The Kier molecular flexibility index (Phi) is 5.31. The van der Waals surface area contributed by atoms with Crippen LogP contribution in [0.2, 0.25) is 0 Å². The normalized spacial score (nSPS) is 15.2. The molecule has 0 fully saturated rings. The highest BCUT2D eigenvalue weighted by atomic mass is 79.9. The summed E-state index contributed by atoms with van der Waals surface area (Å²) in [4.78, 5) is 28.7. The minimum Gasteiger partial charge on any atom is -0.494 e. The zero-order valence-corrected chi connectivity index (χ0v) is 19.0. The van der Waals surface area contributed by atoms with Crippen LogP contribution in [0.3, 0.4) is 0 Å². The second kappa shape index (κ2) is 8.28. The number of fused-ring (bicyclic) bond motifs is 2. The lowest BCUT2D eigenvalue weighted by Crippen LogP contribution is -2.29. The van der Waals surface area contributed by atoms with E-state index in [9.17, 15) is 9.59 Å². The lowest BCUT2D eigenvalue weighted by Gasteiger charge is -2.25. The first-order chi connectivity index (χ1) is 15.6. The number of rotatable bonds is 5. The third-order valence-corrected chi connectivity index (χ3v) is 6.08. The first-order valence-corrected chi connectivity index (χ1v) is 11.3. The molecule has 1 aliphatic heterocycles. The summed E-state index contributed by atoms with van der Waals surface area (Å²) in [5.41, 5.74) is 2.07. The number of hydrogen-bond acceptors (Lipinski definition) is 4. The number of ether oxygens (including phenoxy) is 1. The highest BCUT2D eigenvalue weighted by molar-refractivity contribution is 9.10. The quantitative estimate of drug-likeness (QED) is 0.340. The molecule has 32 heavy (non-hydrogen) atoms. The fourth-order valence-corrected chi connectivity index (χ4v) is 4.33. The van der Waals surface area contributed by atoms with E-state index >= 15 is 0 Å². The largest absolute Gasteiger partial charge is 0.494 e. The molecule has 6 heteroatoms. The van der Waals surface area contributed by atoms with E-state index in [1.807, 2.05) is 48.5 Å². The standard InChI is InChI=1S/C26H20BrNO4/c1-2-15-31-19-13-7-16(8-14-19)23-22-24(29)20-5-3-4-6-21(20)32-25(22)26(30)28(23)18-11-9-17(27)10-12-18/h3-14,23H,2,15H2,1H3. The summed E-state index contributed by atoms with van der Waals surface area (Å²) >= 11 is 3.44. The highest BCUT2D eigenvalue weighted by Crippen LogP contribution is 2.41. The summed E-state index contributed by atoms with van der Waals surface area (Å²) in [7, 11) is 0. The van der Waals surface area contributed by atoms with E-state index in [-0.39, 0.29) is 17.1 Å². The summed E-state index contributed by atoms with van der Waals surface area (Å²) in [6, 6.07) is 21.4. The average Bonchev–Trinajstić information content (AvgIpc) is 3.11. The number of nitrogens with zero attached hydrogens (tertiary/aromatic N) is 1. The van der Waals surface area contributed by atoms with Gasteiger partial charge in [0.15, 0.2) is 5.43 Å². The van der Waals surface area contributed by atoms with Crippen molar-refractivity contribution >= 4 is 38.5 Å². The maximum Gasteiger partial charge on any atom is 0.295 e. The molecule has 0 spiro atoms.